The quantitative estimate of drug-likeness (QED) is 0.198. The zero-order chi connectivity index (χ0) is 25.0. The topological polar surface area (TPSA) is 145 Å². The number of aliphatic imine (C=N–C) groups is 1. The summed E-state index contributed by atoms with van der Waals surface area (Å²) >= 11 is 0. The van der Waals surface area contributed by atoms with E-state index in [1.54, 1.807) is 30.5 Å². The van der Waals surface area contributed by atoms with Crippen LogP contribution in [0.5, 0.6) is 5.75 Å². The van der Waals surface area contributed by atoms with Gasteiger partial charge in [-0.3, -0.25) is 15.0 Å². The van der Waals surface area contributed by atoms with E-state index in [0.29, 0.717) is 55.0 Å². The molecule has 0 spiro atoms. The molecule has 1 aromatic heterocycles. The third-order valence-corrected chi connectivity index (χ3v) is 6.67. The summed E-state index contributed by atoms with van der Waals surface area (Å²) < 4.78 is 6.65. The van der Waals surface area contributed by atoms with Crippen LogP contribution in [0.2, 0.25) is 0 Å². The second-order valence-corrected chi connectivity index (χ2v) is 9.35. The van der Waals surface area contributed by atoms with Crippen LogP contribution < -0.4 is 20.5 Å². The van der Waals surface area contributed by atoms with Crippen LogP contribution in [-0.4, -0.2) is 40.7 Å². The van der Waals surface area contributed by atoms with E-state index in [9.17, 15) is 15.1 Å². The summed E-state index contributed by atoms with van der Waals surface area (Å²) in [4.78, 5) is 17.7. The Labute approximate surface area is 204 Å². The van der Waals surface area contributed by atoms with Crippen molar-refractivity contribution < 1.29 is 24.6 Å². The lowest BCUT2D eigenvalue weighted by molar-refractivity contribution is -0.910. The van der Waals surface area contributed by atoms with Crippen molar-refractivity contribution in [1.29, 1.82) is 5.26 Å². The Morgan fingerprint density at radius 2 is 2.09 bits per heavy atom. The molecule has 0 atom stereocenters. The highest BCUT2D eigenvalue weighted by Crippen LogP contribution is 2.38. The number of aromatic nitrogens is 1. The first kappa shape index (κ1) is 24.5. The number of ether oxygens (including phenoxy) is 1. The van der Waals surface area contributed by atoms with Gasteiger partial charge < -0.3 is 20.9 Å². The first-order chi connectivity index (χ1) is 16.8. The highest BCUT2D eigenvalue weighted by Gasteiger charge is 2.36. The monoisotopic (exact) mass is 478 g/mol. The number of rotatable bonds is 8. The molecule has 1 aromatic carbocycles. The molecule has 2 aliphatic carbocycles. The van der Waals surface area contributed by atoms with Crippen molar-refractivity contribution in [3.63, 3.8) is 0 Å². The van der Waals surface area contributed by atoms with Gasteiger partial charge in [0.2, 0.25) is 5.69 Å². The van der Waals surface area contributed by atoms with Crippen molar-refractivity contribution in [2.24, 2.45) is 4.99 Å². The summed E-state index contributed by atoms with van der Waals surface area (Å²) in [6, 6.07) is 10.6. The molecule has 5 N–H and O–H groups in total. The molecule has 2 fully saturated rings. The van der Waals surface area contributed by atoms with E-state index >= 15 is 0 Å². The molecular formula is C26H32N5O4+. The molecule has 9 nitrogen and oxygen atoms in total. The fourth-order valence-corrected chi connectivity index (χ4v) is 4.46. The van der Waals surface area contributed by atoms with Gasteiger partial charge in [0.15, 0.2) is 0 Å². The van der Waals surface area contributed by atoms with Gasteiger partial charge in [-0.2, -0.15) is 5.26 Å². The molecule has 2 aromatic rings. The van der Waals surface area contributed by atoms with Crippen LogP contribution in [0.1, 0.15) is 79.5 Å². The van der Waals surface area contributed by atoms with Crippen LogP contribution in [0.4, 0.5) is 11.4 Å². The van der Waals surface area contributed by atoms with Crippen LogP contribution in [0, 0.1) is 11.3 Å². The number of nitriles is 1. The Morgan fingerprint density at radius 3 is 2.74 bits per heavy atom. The summed E-state index contributed by atoms with van der Waals surface area (Å²) in [6.07, 6.45) is 6.24. The SMILES string of the molecule is CCOc1cc(N)c(C=NC2CCC(O)(CC#N)CC2)cc1NC(=O)c1cccc(C2CC2)[n+]1O. The lowest BCUT2D eigenvalue weighted by Crippen LogP contribution is -2.43. The number of aliphatic hydroxyl groups is 1. The minimum Gasteiger partial charge on any atom is -0.492 e. The van der Waals surface area contributed by atoms with E-state index < -0.39 is 11.5 Å². The number of anilines is 2. The van der Waals surface area contributed by atoms with Crippen LogP contribution >= 0.6 is 0 Å². The molecule has 1 amide bonds. The normalized spacial score (nSPS) is 22.0. The van der Waals surface area contributed by atoms with Gasteiger partial charge in [0.25, 0.3) is 0 Å². The number of hydrogen-bond acceptors (Lipinski definition) is 7. The Bertz CT molecular complexity index is 1160. The molecule has 184 valence electrons. The molecule has 0 unspecified atom stereocenters. The summed E-state index contributed by atoms with van der Waals surface area (Å²) in [7, 11) is 0. The third-order valence-electron chi connectivity index (χ3n) is 6.67. The molecule has 9 heteroatoms. The van der Waals surface area contributed by atoms with Gasteiger partial charge in [0.05, 0.1) is 36.4 Å². The van der Waals surface area contributed by atoms with Gasteiger partial charge in [-0.05, 0) is 57.6 Å². The fraction of sp³-hybridized carbons (Fsp3) is 0.462. The van der Waals surface area contributed by atoms with Gasteiger partial charge in [-0.1, -0.05) is 0 Å². The standard InChI is InChI=1S/C26H31N5O4/c1-2-35-24-15-20(28)18(16-29-19-8-10-26(33,11-9-19)12-13-27)14-21(24)30-25(32)23-5-3-4-22(31(23)34)17-6-7-17/h3-5,14-17,19,28,32-34H,2,6-12H2,1H3/p+1. The maximum atomic E-state index is 13.0. The minimum absolute atomic E-state index is 0.0245. The van der Waals surface area contributed by atoms with E-state index in [2.05, 4.69) is 16.4 Å². The zero-order valence-corrected chi connectivity index (χ0v) is 19.9. The van der Waals surface area contributed by atoms with E-state index in [1.807, 2.05) is 13.0 Å². The largest absolute Gasteiger partial charge is 0.492 e. The molecule has 35 heavy (non-hydrogen) atoms. The number of carbonyl (C=O) groups excluding carboxylic acids is 1. The molecule has 1 heterocycles. The summed E-state index contributed by atoms with van der Waals surface area (Å²) in [5.41, 5.74) is 7.70. The van der Waals surface area contributed by atoms with E-state index in [0.717, 1.165) is 23.3 Å². The molecule has 4 rings (SSSR count). The summed E-state index contributed by atoms with van der Waals surface area (Å²) in [6.45, 7) is 2.23. The van der Waals surface area contributed by atoms with Gasteiger partial charge in [-0.25, -0.2) is 0 Å². The number of hydrogen-bond donors (Lipinski definition) is 4. The Morgan fingerprint density at radius 1 is 1.34 bits per heavy atom. The van der Waals surface area contributed by atoms with Crippen molar-refractivity contribution >= 4 is 23.5 Å². The number of nitrogens with one attached hydrogen (secondary N) is 1. The Kier molecular flexibility index (Phi) is 7.22. The predicted molar refractivity (Wildman–Crippen MR) is 131 cm³/mol. The number of pyridine rings is 1. The van der Waals surface area contributed by atoms with Crippen molar-refractivity contribution in [2.75, 3.05) is 17.7 Å². The van der Waals surface area contributed by atoms with Gasteiger partial charge in [0, 0.05) is 46.3 Å². The first-order valence-electron chi connectivity index (χ1n) is 12.1. The lowest BCUT2D eigenvalue weighted by Gasteiger charge is -2.32. The maximum Gasteiger partial charge on any atom is 0.325 e. The second kappa shape index (κ2) is 10.3. The highest BCUT2D eigenvalue weighted by molar-refractivity contribution is 6.04. The molecular weight excluding hydrogens is 446 g/mol. The molecule has 2 saturated carbocycles. The third kappa shape index (κ3) is 5.72. The van der Waals surface area contributed by atoms with E-state index in [-0.39, 0.29) is 24.1 Å². The number of amides is 1. The van der Waals surface area contributed by atoms with E-state index in [4.69, 9.17) is 15.7 Å². The van der Waals surface area contributed by atoms with Crippen molar-refractivity contribution in [3.05, 3.63) is 47.3 Å². The van der Waals surface area contributed by atoms with Crippen molar-refractivity contribution in [3.8, 4) is 11.8 Å². The summed E-state index contributed by atoms with van der Waals surface area (Å²) in [5, 5.41) is 32.7. The first-order valence-corrected chi connectivity index (χ1v) is 12.1. The van der Waals surface area contributed by atoms with Crippen molar-refractivity contribution in [1.82, 2.24) is 0 Å². The van der Waals surface area contributed by atoms with Crippen LogP contribution in [0.3, 0.4) is 0 Å². The Balaban J connectivity index is 1.53. The number of nitrogens with zero attached hydrogens (tertiary/aromatic N) is 3. The number of carbonyl (C=O) groups is 1. The molecule has 2 aliphatic rings. The average molecular weight is 479 g/mol. The smallest absolute Gasteiger partial charge is 0.325 e. The average Bonchev–Trinajstić information content (AvgIpc) is 3.67. The minimum atomic E-state index is -0.920. The maximum absolute atomic E-state index is 13.0. The Hall–Kier alpha value is -3.64. The number of nitrogens with two attached hydrogens (primary N) is 1. The molecule has 0 aliphatic heterocycles. The van der Waals surface area contributed by atoms with Crippen molar-refractivity contribution in [2.45, 2.75) is 69.4 Å². The number of nitrogen functional groups attached to an aromatic ring is 1. The molecule has 0 radical (unpaired) electrons. The van der Waals surface area contributed by atoms with Crippen LogP contribution in [-0.2, 0) is 0 Å². The van der Waals surface area contributed by atoms with Crippen LogP contribution in [0.25, 0.3) is 0 Å². The predicted octanol–water partition coefficient (Wildman–Crippen LogP) is 3.33. The molecule has 0 saturated heterocycles. The molecule has 0 bridgehead atoms. The van der Waals surface area contributed by atoms with E-state index in [1.165, 1.54) is 0 Å². The van der Waals surface area contributed by atoms with Crippen LogP contribution in [0.15, 0.2) is 35.3 Å². The second-order valence-electron chi connectivity index (χ2n) is 9.35. The fourth-order valence-electron chi connectivity index (χ4n) is 4.46. The number of benzene rings is 1. The van der Waals surface area contributed by atoms with Gasteiger partial charge in [-0.15, -0.1) is 0 Å². The van der Waals surface area contributed by atoms with Gasteiger partial charge >= 0.3 is 11.6 Å². The summed E-state index contributed by atoms with van der Waals surface area (Å²) in [5.74, 6) is 0.243. The zero-order valence-electron chi connectivity index (χ0n) is 19.9. The lowest BCUT2D eigenvalue weighted by atomic mass is 9.81. The highest BCUT2D eigenvalue weighted by atomic mass is 16.5. The van der Waals surface area contributed by atoms with Gasteiger partial charge in [0.1, 0.15) is 5.75 Å².